The van der Waals surface area contributed by atoms with Gasteiger partial charge in [0.15, 0.2) is 11.6 Å². The van der Waals surface area contributed by atoms with Crippen LogP contribution in [-0.2, 0) is 0 Å². The van der Waals surface area contributed by atoms with Gasteiger partial charge < -0.3 is 4.57 Å². The van der Waals surface area contributed by atoms with E-state index in [1.165, 1.54) is 21.9 Å². The van der Waals surface area contributed by atoms with Gasteiger partial charge in [-0.05, 0) is 87.5 Å². The van der Waals surface area contributed by atoms with Gasteiger partial charge in [-0.3, -0.25) is 4.57 Å². The van der Waals surface area contributed by atoms with Gasteiger partial charge in [0.25, 0.3) is 0 Å². The number of hydrogen-bond donors (Lipinski definition) is 0. The normalized spacial score (nSPS) is 11.5. The molecule has 3 aromatic heterocycles. The Hall–Kier alpha value is -9.19. The highest BCUT2D eigenvalue weighted by atomic mass is 15.2. The molecule has 318 valence electrons. The molecule has 0 amide bonds. The number of aromatic nitrogens is 5. The first kappa shape index (κ1) is 39.2. The van der Waals surface area contributed by atoms with Gasteiger partial charge in [-0.2, -0.15) is 9.97 Å². The minimum Gasteiger partial charge on any atom is -0.309 e. The van der Waals surface area contributed by atoms with E-state index < -0.39 is 0 Å². The van der Waals surface area contributed by atoms with Crippen LogP contribution >= 0.6 is 0 Å². The highest BCUT2D eigenvalue weighted by Gasteiger charge is 2.23. The largest absolute Gasteiger partial charge is 0.309 e. The van der Waals surface area contributed by atoms with Crippen molar-refractivity contribution in [3.05, 3.63) is 249 Å². The molecule has 0 atom stereocenters. The average Bonchev–Trinajstić information content (AvgIpc) is 3.92. The lowest BCUT2D eigenvalue weighted by molar-refractivity contribution is 0.953. The SMILES string of the molecule is c1ccc(-c2cc(-c3ccccc3)cc(-c3ccc(-c4ccccc4)cc3-n3c4ccccc4c4cc5c6ccccc6n(-c6nc(-c7ccccc7)nc(-c7ccccc7)n6)c5cc43)c2)cc1. The average molecular weight is 868 g/mol. The Morgan fingerprint density at radius 3 is 1.16 bits per heavy atom. The van der Waals surface area contributed by atoms with Gasteiger partial charge in [0.2, 0.25) is 5.95 Å². The van der Waals surface area contributed by atoms with Crippen LogP contribution in [0.5, 0.6) is 0 Å². The van der Waals surface area contributed by atoms with Gasteiger partial charge in [0, 0.05) is 38.2 Å². The van der Waals surface area contributed by atoms with E-state index in [1.54, 1.807) is 0 Å². The summed E-state index contributed by atoms with van der Waals surface area (Å²) in [5, 5.41) is 4.60. The number of nitrogens with zero attached hydrogens (tertiary/aromatic N) is 5. The molecule has 0 spiro atoms. The predicted molar refractivity (Wildman–Crippen MR) is 281 cm³/mol. The van der Waals surface area contributed by atoms with Crippen molar-refractivity contribution in [1.29, 1.82) is 0 Å². The minimum absolute atomic E-state index is 0.559. The molecule has 5 heteroatoms. The molecule has 0 aliphatic carbocycles. The molecule has 68 heavy (non-hydrogen) atoms. The van der Waals surface area contributed by atoms with E-state index in [9.17, 15) is 0 Å². The predicted octanol–water partition coefficient (Wildman–Crippen LogP) is 16.1. The Bertz CT molecular complexity index is 3880. The second kappa shape index (κ2) is 16.4. The molecule has 5 nitrogen and oxygen atoms in total. The van der Waals surface area contributed by atoms with E-state index in [0.717, 1.165) is 83.0 Å². The molecule has 13 rings (SSSR count). The number of benzene rings is 10. The van der Waals surface area contributed by atoms with Crippen LogP contribution in [0.2, 0.25) is 0 Å². The van der Waals surface area contributed by atoms with E-state index in [0.29, 0.717) is 17.6 Å². The van der Waals surface area contributed by atoms with Gasteiger partial charge >= 0.3 is 0 Å². The van der Waals surface area contributed by atoms with Gasteiger partial charge in [0.05, 0.1) is 27.8 Å². The van der Waals surface area contributed by atoms with E-state index in [-0.39, 0.29) is 0 Å². The number of hydrogen-bond acceptors (Lipinski definition) is 3. The molecular formula is C63H41N5. The second-order valence-corrected chi connectivity index (χ2v) is 17.2. The molecule has 10 aromatic carbocycles. The molecule has 0 saturated heterocycles. The maximum atomic E-state index is 5.27. The van der Waals surface area contributed by atoms with Gasteiger partial charge in [-0.15, -0.1) is 0 Å². The van der Waals surface area contributed by atoms with Crippen molar-refractivity contribution in [2.24, 2.45) is 0 Å². The smallest absolute Gasteiger partial charge is 0.238 e. The Balaban J connectivity index is 1.12. The molecule has 0 unspecified atom stereocenters. The highest BCUT2D eigenvalue weighted by molar-refractivity contribution is 6.19. The Labute approximate surface area is 393 Å². The van der Waals surface area contributed by atoms with Crippen molar-refractivity contribution < 1.29 is 0 Å². The fourth-order valence-corrected chi connectivity index (χ4v) is 9.95. The van der Waals surface area contributed by atoms with Crippen LogP contribution in [0.15, 0.2) is 249 Å². The Kier molecular flexibility index (Phi) is 9.43. The molecular weight excluding hydrogens is 827 g/mol. The van der Waals surface area contributed by atoms with Crippen molar-refractivity contribution in [2.75, 3.05) is 0 Å². The van der Waals surface area contributed by atoms with Crippen molar-refractivity contribution >= 4 is 43.6 Å². The van der Waals surface area contributed by atoms with Crippen LogP contribution in [0.3, 0.4) is 0 Å². The quantitative estimate of drug-likeness (QED) is 0.153. The summed E-state index contributed by atoms with van der Waals surface area (Å²) in [7, 11) is 0. The zero-order valence-electron chi connectivity index (χ0n) is 36.9. The fraction of sp³-hybridized carbons (Fsp3) is 0. The molecule has 0 N–H and O–H groups in total. The lowest BCUT2D eigenvalue weighted by Crippen LogP contribution is -2.06. The Morgan fingerprint density at radius 1 is 0.235 bits per heavy atom. The third-order valence-electron chi connectivity index (χ3n) is 13.2. The topological polar surface area (TPSA) is 48.5 Å². The third-order valence-corrected chi connectivity index (χ3v) is 13.2. The summed E-state index contributed by atoms with van der Waals surface area (Å²) in [6, 6.07) is 88.6. The van der Waals surface area contributed by atoms with Crippen molar-refractivity contribution in [1.82, 2.24) is 24.1 Å². The summed E-state index contributed by atoms with van der Waals surface area (Å²) >= 11 is 0. The van der Waals surface area contributed by atoms with Gasteiger partial charge in [-0.1, -0.05) is 200 Å². The van der Waals surface area contributed by atoms with Crippen LogP contribution in [0, 0.1) is 0 Å². The first-order valence-electron chi connectivity index (χ1n) is 23.0. The lowest BCUT2D eigenvalue weighted by Gasteiger charge is -2.18. The summed E-state index contributed by atoms with van der Waals surface area (Å²) in [5.74, 6) is 1.79. The molecule has 0 bridgehead atoms. The molecule has 0 saturated carbocycles. The summed E-state index contributed by atoms with van der Waals surface area (Å²) in [6.07, 6.45) is 0. The zero-order chi connectivity index (χ0) is 45.0. The summed E-state index contributed by atoms with van der Waals surface area (Å²) < 4.78 is 4.70. The summed E-state index contributed by atoms with van der Waals surface area (Å²) in [4.78, 5) is 15.6. The van der Waals surface area contributed by atoms with E-state index >= 15 is 0 Å². The van der Waals surface area contributed by atoms with Crippen LogP contribution in [0.4, 0.5) is 0 Å². The fourth-order valence-electron chi connectivity index (χ4n) is 9.95. The summed E-state index contributed by atoms with van der Waals surface area (Å²) in [6.45, 7) is 0. The molecule has 0 aliphatic heterocycles. The van der Waals surface area contributed by atoms with Crippen molar-refractivity contribution in [2.45, 2.75) is 0 Å². The highest BCUT2D eigenvalue weighted by Crippen LogP contribution is 2.43. The number of para-hydroxylation sites is 2. The number of fused-ring (bicyclic) bond motifs is 6. The summed E-state index contributed by atoms with van der Waals surface area (Å²) in [5.41, 5.74) is 16.4. The molecule has 13 aromatic rings. The van der Waals surface area contributed by atoms with Gasteiger partial charge in [0.1, 0.15) is 0 Å². The Morgan fingerprint density at radius 2 is 0.647 bits per heavy atom. The van der Waals surface area contributed by atoms with E-state index in [1.807, 2.05) is 36.4 Å². The first-order valence-corrected chi connectivity index (χ1v) is 23.0. The first-order chi connectivity index (χ1) is 33.7. The molecule has 0 fully saturated rings. The zero-order valence-corrected chi connectivity index (χ0v) is 36.9. The third kappa shape index (κ3) is 6.76. The van der Waals surface area contributed by atoms with Gasteiger partial charge in [-0.25, -0.2) is 4.98 Å². The van der Waals surface area contributed by atoms with Crippen LogP contribution in [0.25, 0.3) is 123 Å². The maximum absolute atomic E-state index is 5.27. The van der Waals surface area contributed by atoms with Crippen molar-refractivity contribution in [3.63, 3.8) is 0 Å². The van der Waals surface area contributed by atoms with E-state index in [4.69, 9.17) is 15.0 Å². The number of rotatable bonds is 8. The lowest BCUT2D eigenvalue weighted by atomic mass is 9.91. The van der Waals surface area contributed by atoms with Crippen LogP contribution in [0.1, 0.15) is 0 Å². The maximum Gasteiger partial charge on any atom is 0.238 e. The van der Waals surface area contributed by atoms with Crippen molar-refractivity contribution in [3.8, 4) is 78.9 Å². The standard InChI is InChI=1S/C63H41N5/c1-6-20-42(21-7-1)47-34-35-51(50-37-48(43-22-8-2-9-23-43)36-49(38-50)44-24-10-3-11-25-44)58(39-47)67-56-32-18-16-30-52(56)54-40-55-53-31-17-19-33-57(53)68(60(55)41-59(54)67)63-65-61(45-26-12-4-13-27-45)64-62(66-63)46-28-14-5-15-29-46/h1-41H. The minimum atomic E-state index is 0.559. The second-order valence-electron chi connectivity index (χ2n) is 17.2. The molecule has 0 radical (unpaired) electrons. The monoisotopic (exact) mass is 867 g/mol. The van der Waals surface area contributed by atoms with E-state index in [2.05, 4.69) is 221 Å². The van der Waals surface area contributed by atoms with Crippen LogP contribution in [-0.4, -0.2) is 24.1 Å². The molecule has 0 aliphatic rings. The van der Waals surface area contributed by atoms with Crippen LogP contribution < -0.4 is 0 Å². The molecule has 3 heterocycles.